The van der Waals surface area contributed by atoms with E-state index in [4.69, 9.17) is 9.82 Å². The second kappa shape index (κ2) is 7.30. The van der Waals surface area contributed by atoms with Gasteiger partial charge in [-0.1, -0.05) is 91.0 Å². The van der Waals surface area contributed by atoms with Crippen molar-refractivity contribution < 1.29 is 9.63 Å². The Morgan fingerprint density at radius 3 is 1.74 bits per heavy atom. The van der Waals surface area contributed by atoms with Gasteiger partial charge in [-0.25, -0.2) is 9.78 Å². The normalized spacial score (nSPS) is 10.6. The first-order chi connectivity index (χ1) is 13.2. The average molecular weight is 354 g/mol. The molecule has 4 nitrogen and oxygen atoms in total. The number of benzene rings is 3. The van der Waals surface area contributed by atoms with E-state index < -0.39 is 5.97 Å². The first-order valence-electron chi connectivity index (χ1n) is 8.72. The molecule has 0 spiro atoms. The molecule has 0 bridgehead atoms. The van der Waals surface area contributed by atoms with Gasteiger partial charge in [0.15, 0.2) is 5.82 Å². The van der Waals surface area contributed by atoms with Crippen LogP contribution >= 0.6 is 0 Å². The van der Waals surface area contributed by atoms with Gasteiger partial charge in [-0.15, -0.1) is 0 Å². The van der Waals surface area contributed by atoms with Crippen molar-refractivity contribution in [1.82, 2.24) is 9.71 Å². The summed E-state index contributed by atoms with van der Waals surface area (Å²) >= 11 is 0. The van der Waals surface area contributed by atoms with Crippen molar-refractivity contribution in [2.24, 2.45) is 0 Å². The zero-order valence-electron chi connectivity index (χ0n) is 14.9. The van der Waals surface area contributed by atoms with E-state index in [2.05, 4.69) is 0 Å². The van der Waals surface area contributed by atoms with Gasteiger partial charge in [-0.05, 0) is 0 Å². The molecule has 0 amide bonds. The highest BCUT2D eigenvalue weighted by Crippen LogP contribution is 2.35. The van der Waals surface area contributed by atoms with Crippen LogP contribution in [0.15, 0.2) is 91.0 Å². The molecule has 1 aromatic heterocycles. The molecule has 4 rings (SSSR count). The SMILES string of the molecule is CC(=O)On1c(-c2ccccc2)nc(-c2ccccc2)c1-c1ccccc1. The lowest BCUT2D eigenvalue weighted by Crippen LogP contribution is -2.18. The summed E-state index contributed by atoms with van der Waals surface area (Å²) in [6, 6.07) is 29.5. The van der Waals surface area contributed by atoms with Crippen LogP contribution < -0.4 is 4.84 Å². The predicted octanol–water partition coefficient (Wildman–Crippen LogP) is 4.86. The van der Waals surface area contributed by atoms with Crippen molar-refractivity contribution >= 4 is 5.97 Å². The van der Waals surface area contributed by atoms with Gasteiger partial charge in [0.25, 0.3) is 0 Å². The fourth-order valence-corrected chi connectivity index (χ4v) is 3.04. The highest BCUT2D eigenvalue weighted by atomic mass is 16.7. The minimum Gasteiger partial charge on any atom is -0.335 e. The number of rotatable bonds is 4. The van der Waals surface area contributed by atoms with Crippen molar-refractivity contribution in [3.8, 4) is 33.9 Å². The number of nitrogens with zero attached hydrogens (tertiary/aromatic N) is 2. The van der Waals surface area contributed by atoms with E-state index in [0.717, 1.165) is 28.1 Å². The molecular weight excluding hydrogens is 336 g/mol. The van der Waals surface area contributed by atoms with Gasteiger partial charge >= 0.3 is 5.97 Å². The molecule has 0 atom stereocenters. The van der Waals surface area contributed by atoms with E-state index >= 15 is 0 Å². The largest absolute Gasteiger partial charge is 0.335 e. The summed E-state index contributed by atoms with van der Waals surface area (Å²) in [4.78, 5) is 22.3. The first-order valence-corrected chi connectivity index (χ1v) is 8.72. The third kappa shape index (κ3) is 3.37. The Kier molecular flexibility index (Phi) is 4.54. The molecule has 0 aliphatic carbocycles. The fourth-order valence-electron chi connectivity index (χ4n) is 3.04. The molecule has 0 saturated heterocycles. The van der Waals surface area contributed by atoms with Gasteiger partial charge in [-0.3, -0.25) is 0 Å². The van der Waals surface area contributed by atoms with Crippen molar-refractivity contribution in [3.05, 3.63) is 91.0 Å². The Bertz CT molecular complexity index is 1060. The molecule has 0 N–H and O–H groups in total. The van der Waals surface area contributed by atoms with Crippen molar-refractivity contribution in [1.29, 1.82) is 0 Å². The smallest absolute Gasteiger partial charge is 0.329 e. The molecule has 27 heavy (non-hydrogen) atoms. The molecule has 0 unspecified atom stereocenters. The van der Waals surface area contributed by atoms with Crippen molar-refractivity contribution in [2.45, 2.75) is 6.92 Å². The third-order valence-electron chi connectivity index (χ3n) is 4.18. The molecule has 0 aliphatic heterocycles. The van der Waals surface area contributed by atoms with Gasteiger partial charge < -0.3 is 4.84 Å². The Balaban J connectivity index is 2.04. The van der Waals surface area contributed by atoms with Crippen LogP contribution in [0.1, 0.15) is 6.92 Å². The lowest BCUT2D eigenvalue weighted by atomic mass is 10.1. The van der Waals surface area contributed by atoms with E-state index in [1.807, 2.05) is 91.0 Å². The van der Waals surface area contributed by atoms with Gasteiger partial charge in [0.05, 0.1) is 0 Å². The van der Waals surface area contributed by atoms with Crippen LogP contribution in [0, 0.1) is 0 Å². The molecule has 0 aliphatic rings. The van der Waals surface area contributed by atoms with Crippen molar-refractivity contribution in [3.63, 3.8) is 0 Å². The highest BCUT2D eigenvalue weighted by molar-refractivity contribution is 5.82. The summed E-state index contributed by atoms with van der Waals surface area (Å²) in [6.07, 6.45) is 0. The van der Waals surface area contributed by atoms with E-state index in [9.17, 15) is 4.79 Å². The molecule has 0 saturated carbocycles. The molecule has 132 valence electrons. The maximum absolute atomic E-state index is 11.9. The van der Waals surface area contributed by atoms with E-state index in [1.54, 1.807) is 0 Å². The molecular formula is C23H18N2O2. The van der Waals surface area contributed by atoms with Gasteiger partial charge in [0, 0.05) is 23.6 Å². The standard InChI is InChI=1S/C23H18N2O2/c1-17(26)27-25-22(19-13-7-3-8-14-19)21(18-11-5-2-6-12-18)24-23(25)20-15-9-4-10-16-20/h2-16H,1H3. The van der Waals surface area contributed by atoms with Crippen LogP contribution in [0.3, 0.4) is 0 Å². The number of hydrogen-bond donors (Lipinski definition) is 0. The number of aromatic nitrogens is 2. The Labute approximate surface area is 157 Å². The predicted molar refractivity (Wildman–Crippen MR) is 106 cm³/mol. The fraction of sp³-hybridized carbons (Fsp3) is 0.0435. The van der Waals surface area contributed by atoms with E-state index in [1.165, 1.54) is 11.7 Å². The zero-order chi connectivity index (χ0) is 18.6. The maximum Gasteiger partial charge on any atom is 0.329 e. The van der Waals surface area contributed by atoms with Crippen LogP contribution in [-0.2, 0) is 4.79 Å². The van der Waals surface area contributed by atoms with E-state index in [-0.39, 0.29) is 0 Å². The molecule has 4 heteroatoms. The highest BCUT2D eigenvalue weighted by Gasteiger charge is 2.23. The average Bonchev–Trinajstić information content (AvgIpc) is 3.08. The minimum absolute atomic E-state index is 0.402. The number of carbonyl (C=O) groups is 1. The van der Waals surface area contributed by atoms with Gasteiger partial charge in [0.2, 0.25) is 0 Å². The third-order valence-corrected chi connectivity index (χ3v) is 4.18. The maximum atomic E-state index is 11.9. The molecule has 4 aromatic rings. The quantitative estimate of drug-likeness (QED) is 0.526. The lowest BCUT2D eigenvalue weighted by molar-refractivity contribution is -0.141. The number of carbonyl (C=O) groups excluding carboxylic acids is 1. The van der Waals surface area contributed by atoms with Gasteiger partial charge in [-0.2, -0.15) is 4.73 Å². The Hall–Kier alpha value is -3.66. The Morgan fingerprint density at radius 1 is 0.741 bits per heavy atom. The van der Waals surface area contributed by atoms with Gasteiger partial charge in [0.1, 0.15) is 11.4 Å². The van der Waals surface area contributed by atoms with Crippen LogP contribution in [0.4, 0.5) is 0 Å². The summed E-state index contributed by atoms with van der Waals surface area (Å²) in [6.45, 7) is 1.39. The topological polar surface area (TPSA) is 44.1 Å². The van der Waals surface area contributed by atoms with Crippen LogP contribution in [0.5, 0.6) is 0 Å². The Morgan fingerprint density at radius 2 is 1.22 bits per heavy atom. The second-order valence-electron chi connectivity index (χ2n) is 6.11. The van der Waals surface area contributed by atoms with Crippen LogP contribution in [-0.4, -0.2) is 15.7 Å². The van der Waals surface area contributed by atoms with Crippen LogP contribution in [0.25, 0.3) is 33.9 Å². The summed E-state index contributed by atoms with van der Waals surface area (Å²) < 4.78 is 1.54. The molecule has 1 heterocycles. The molecule has 0 fully saturated rings. The summed E-state index contributed by atoms with van der Waals surface area (Å²) in [5, 5.41) is 0. The van der Waals surface area contributed by atoms with Crippen molar-refractivity contribution in [2.75, 3.05) is 0 Å². The minimum atomic E-state index is -0.402. The summed E-state index contributed by atoms with van der Waals surface area (Å²) in [5.41, 5.74) is 4.27. The number of imidazole rings is 1. The zero-order valence-corrected chi connectivity index (χ0v) is 14.9. The lowest BCUT2D eigenvalue weighted by Gasteiger charge is -2.11. The van der Waals surface area contributed by atoms with Crippen LogP contribution in [0.2, 0.25) is 0 Å². The summed E-state index contributed by atoms with van der Waals surface area (Å²) in [7, 11) is 0. The van der Waals surface area contributed by atoms with E-state index in [0.29, 0.717) is 5.82 Å². The number of hydrogen-bond acceptors (Lipinski definition) is 3. The molecule has 0 radical (unpaired) electrons. The first kappa shape index (κ1) is 16.8. The second-order valence-corrected chi connectivity index (χ2v) is 6.11. The summed E-state index contributed by atoms with van der Waals surface area (Å²) in [5.74, 6) is 0.185. The monoisotopic (exact) mass is 354 g/mol. The molecule has 3 aromatic carbocycles.